The van der Waals surface area contributed by atoms with Crippen molar-refractivity contribution in [1.29, 1.82) is 0 Å². The van der Waals surface area contributed by atoms with Crippen LogP contribution >= 0.6 is 23.6 Å². The number of benzene rings is 1. The summed E-state index contributed by atoms with van der Waals surface area (Å²) in [5.74, 6) is -0.316. The zero-order valence-electron chi connectivity index (χ0n) is 9.46. The number of nitrogens with zero attached hydrogens (tertiary/aromatic N) is 3. The third-order valence-electron chi connectivity index (χ3n) is 2.57. The van der Waals surface area contributed by atoms with E-state index in [0.29, 0.717) is 15.3 Å². The highest BCUT2D eigenvalue weighted by Crippen LogP contribution is 2.08. The van der Waals surface area contributed by atoms with Crippen molar-refractivity contribution < 1.29 is 4.39 Å². The lowest BCUT2D eigenvalue weighted by molar-refractivity contribution is 0.627. The molecule has 3 aromatic rings. The van der Waals surface area contributed by atoms with E-state index in [4.69, 9.17) is 12.2 Å². The van der Waals surface area contributed by atoms with Crippen LogP contribution in [0.2, 0.25) is 0 Å². The van der Waals surface area contributed by atoms with Gasteiger partial charge >= 0.3 is 0 Å². The van der Waals surface area contributed by atoms with Gasteiger partial charge in [-0.15, -0.1) is 10.2 Å². The van der Waals surface area contributed by atoms with Gasteiger partial charge in [0.05, 0.1) is 0 Å². The molecule has 0 unspecified atom stereocenters. The molecule has 0 aliphatic rings. The standard InChI is InChI=1S/C11H7FN4OS2/c12-7-3-1-6(2-4-7)5-8-9(17)16-10(14-13-8)19-11(18)15-16/h1-4H,5H2,(H,15,18). The van der Waals surface area contributed by atoms with Crippen LogP contribution in [0.25, 0.3) is 4.96 Å². The van der Waals surface area contributed by atoms with E-state index in [1.807, 2.05) is 0 Å². The van der Waals surface area contributed by atoms with E-state index < -0.39 is 0 Å². The number of aromatic nitrogens is 4. The number of hydrogen-bond acceptors (Lipinski definition) is 5. The summed E-state index contributed by atoms with van der Waals surface area (Å²) in [7, 11) is 0. The van der Waals surface area contributed by atoms with Crippen molar-refractivity contribution in [2.24, 2.45) is 0 Å². The second-order valence-corrected chi connectivity index (χ2v) is 5.52. The maximum atomic E-state index is 12.8. The summed E-state index contributed by atoms with van der Waals surface area (Å²) >= 11 is 6.14. The van der Waals surface area contributed by atoms with Crippen LogP contribution in [0.1, 0.15) is 11.3 Å². The minimum absolute atomic E-state index is 0.285. The number of halogens is 1. The van der Waals surface area contributed by atoms with Crippen LogP contribution in [0.3, 0.4) is 0 Å². The summed E-state index contributed by atoms with van der Waals surface area (Å²) in [6.07, 6.45) is 0.297. The van der Waals surface area contributed by atoms with Gasteiger partial charge in [0.1, 0.15) is 11.5 Å². The molecule has 0 saturated carbocycles. The van der Waals surface area contributed by atoms with Gasteiger partial charge in [0.25, 0.3) is 5.56 Å². The van der Waals surface area contributed by atoms with Crippen LogP contribution < -0.4 is 5.56 Å². The number of rotatable bonds is 2. The lowest BCUT2D eigenvalue weighted by Gasteiger charge is -2.00. The van der Waals surface area contributed by atoms with E-state index in [2.05, 4.69) is 15.3 Å². The fraction of sp³-hybridized carbons (Fsp3) is 0.0909. The van der Waals surface area contributed by atoms with Gasteiger partial charge in [-0.1, -0.05) is 23.5 Å². The van der Waals surface area contributed by atoms with Gasteiger partial charge in [0.15, 0.2) is 3.95 Å². The lowest BCUT2D eigenvalue weighted by atomic mass is 10.1. The highest BCUT2D eigenvalue weighted by molar-refractivity contribution is 7.73. The van der Waals surface area contributed by atoms with Gasteiger partial charge in [-0.3, -0.25) is 9.89 Å². The largest absolute Gasteiger partial charge is 0.295 e. The van der Waals surface area contributed by atoms with Crippen LogP contribution in [0, 0.1) is 9.77 Å². The summed E-state index contributed by atoms with van der Waals surface area (Å²) in [6.45, 7) is 0. The molecule has 0 saturated heterocycles. The van der Waals surface area contributed by atoms with E-state index in [1.165, 1.54) is 28.0 Å². The molecule has 0 atom stereocenters. The van der Waals surface area contributed by atoms with Gasteiger partial charge in [-0.05, 0) is 29.9 Å². The van der Waals surface area contributed by atoms with Crippen LogP contribution in [0.5, 0.6) is 0 Å². The molecule has 0 radical (unpaired) electrons. The number of fused-ring (bicyclic) bond motifs is 1. The molecule has 3 rings (SSSR count). The van der Waals surface area contributed by atoms with Crippen LogP contribution in [-0.4, -0.2) is 19.8 Å². The molecule has 8 heteroatoms. The second-order valence-electron chi connectivity index (χ2n) is 3.87. The first-order valence-corrected chi connectivity index (χ1v) is 6.58. The molecular formula is C11H7FN4OS2. The second kappa shape index (κ2) is 4.63. The molecule has 96 valence electrons. The highest BCUT2D eigenvalue weighted by atomic mass is 32.1. The first-order valence-electron chi connectivity index (χ1n) is 5.35. The number of hydrogen-bond donors (Lipinski definition) is 1. The fourth-order valence-corrected chi connectivity index (χ4v) is 2.59. The zero-order chi connectivity index (χ0) is 13.4. The monoisotopic (exact) mass is 294 g/mol. The summed E-state index contributed by atoms with van der Waals surface area (Å²) in [5, 5.41) is 10.6. The van der Waals surface area contributed by atoms with Crippen molar-refractivity contribution in [3.05, 3.63) is 55.6 Å². The molecule has 0 amide bonds. The summed E-state index contributed by atoms with van der Waals surface area (Å²) in [6, 6.07) is 5.91. The van der Waals surface area contributed by atoms with Crippen molar-refractivity contribution in [3.8, 4) is 0 Å². The van der Waals surface area contributed by atoms with Crippen molar-refractivity contribution in [3.63, 3.8) is 0 Å². The minimum atomic E-state index is -0.316. The molecule has 0 aliphatic heterocycles. The molecule has 0 spiro atoms. The Morgan fingerprint density at radius 3 is 2.79 bits per heavy atom. The van der Waals surface area contributed by atoms with Crippen LogP contribution in [-0.2, 0) is 6.42 Å². The number of H-pyrrole nitrogens is 1. The van der Waals surface area contributed by atoms with Gasteiger partial charge < -0.3 is 0 Å². The fourth-order valence-electron chi connectivity index (χ4n) is 1.67. The van der Waals surface area contributed by atoms with Gasteiger partial charge in [-0.2, -0.15) is 4.52 Å². The normalized spacial score (nSPS) is 11.0. The van der Waals surface area contributed by atoms with E-state index >= 15 is 0 Å². The molecule has 2 heterocycles. The third kappa shape index (κ3) is 2.32. The first-order chi connectivity index (χ1) is 9.13. The molecule has 5 nitrogen and oxygen atoms in total. The van der Waals surface area contributed by atoms with Crippen LogP contribution in [0.15, 0.2) is 29.1 Å². The molecule has 0 aliphatic carbocycles. The SMILES string of the molecule is O=c1c(Cc2ccc(F)cc2)nnc2sc(=S)[nH]n12. The Morgan fingerprint density at radius 2 is 2.05 bits per heavy atom. The third-order valence-corrected chi connectivity index (χ3v) is 3.63. The number of nitrogens with one attached hydrogen (secondary N) is 1. The molecule has 19 heavy (non-hydrogen) atoms. The number of aromatic amines is 1. The van der Waals surface area contributed by atoms with Crippen molar-refractivity contribution in [2.45, 2.75) is 6.42 Å². The minimum Gasteiger partial charge on any atom is -0.270 e. The van der Waals surface area contributed by atoms with E-state index in [-0.39, 0.29) is 17.1 Å². The predicted octanol–water partition coefficient (Wildman–Crippen LogP) is 1.94. The zero-order valence-corrected chi connectivity index (χ0v) is 11.1. The first kappa shape index (κ1) is 12.1. The molecule has 0 bridgehead atoms. The van der Waals surface area contributed by atoms with Gasteiger partial charge in [0, 0.05) is 6.42 Å². The lowest BCUT2D eigenvalue weighted by Crippen LogP contribution is -2.22. The highest BCUT2D eigenvalue weighted by Gasteiger charge is 2.09. The quantitative estimate of drug-likeness (QED) is 0.734. The Balaban J connectivity index is 2.05. The summed E-state index contributed by atoms with van der Waals surface area (Å²) in [5.41, 5.74) is 0.788. The van der Waals surface area contributed by atoms with Crippen molar-refractivity contribution in [2.75, 3.05) is 0 Å². The molecule has 2 aromatic heterocycles. The van der Waals surface area contributed by atoms with E-state index in [0.717, 1.165) is 5.56 Å². The van der Waals surface area contributed by atoms with Gasteiger partial charge in [0.2, 0.25) is 4.96 Å². The topological polar surface area (TPSA) is 63.0 Å². The average Bonchev–Trinajstić information content (AvgIpc) is 2.77. The molecule has 1 aromatic carbocycles. The summed E-state index contributed by atoms with van der Waals surface area (Å²) in [4.78, 5) is 12.6. The maximum absolute atomic E-state index is 12.8. The Hall–Kier alpha value is -1.93. The smallest absolute Gasteiger partial charge is 0.270 e. The molecular weight excluding hydrogens is 287 g/mol. The Bertz CT molecular complexity index is 849. The molecule has 1 N–H and O–H groups in total. The van der Waals surface area contributed by atoms with E-state index in [1.54, 1.807) is 12.1 Å². The van der Waals surface area contributed by atoms with Crippen LogP contribution in [0.4, 0.5) is 4.39 Å². The predicted molar refractivity (Wildman–Crippen MR) is 71.5 cm³/mol. The maximum Gasteiger partial charge on any atom is 0.295 e. The Labute approximate surface area is 115 Å². The van der Waals surface area contributed by atoms with E-state index in [9.17, 15) is 9.18 Å². The Morgan fingerprint density at radius 1 is 1.32 bits per heavy atom. The van der Waals surface area contributed by atoms with Crippen molar-refractivity contribution >= 4 is 28.5 Å². The summed E-state index contributed by atoms with van der Waals surface area (Å²) < 4.78 is 14.5. The van der Waals surface area contributed by atoms with Crippen molar-refractivity contribution in [1.82, 2.24) is 19.8 Å². The Kier molecular flexibility index (Phi) is 2.96. The molecule has 0 fully saturated rings. The average molecular weight is 294 g/mol. The van der Waals surface area contributed by atoms with Gasteiger partial charge in [-0.25, -0.2) is 4.39 Å².